The zero-order valence-electron chi connectivity index (χ0n) is 11.8. The molecule has 0 fully saturated rings. The molecular formula is C18H14O2S2. The van der Waals surface area contributed by atoms with Gasteiger partial charge in [0, 0.05) is 15.8 Å². The number of esters is 1. The third-order valence-corrected chi connectivity index (χ3v) is 5.02. The van der Waals surface area contributed by atoms with E-state index in [1.54, 1.807) is 17.4 Å². The molecule has 0 aliphatic heterocycles. The first-order chi connectivity index (χ1) is 10.8. The molecule has 4 heteroatoms. The van der Waals surface area contributed by atoms with Crippen molar-refractivity contribution in [1.29, 1.82) is 0 Å². The maximum absolute atomic E-state index is 12.1. The van der Waals surface area contributed by atoms with E-state index in [0.717, 1.165) is 21.6 Å². The summed E-state index contributed by atoms with van der Waals surface area (Å²) < 4.78 is 5.37. The van der Waals surface area contributed by atoms with Crippen molar-refractivity contribution >= 4 is 34.7 Å². The van der Waals surface area contributed by atoms with E-state index in [1.165, 1.54) is 11.3 Å². The highest BCUT2D eigenvalue weighted by Crippen LogP contribution is 2.29. The van der Waals surface area contributed by atoms with E-state index in [9.17, 15) is 4.79 Å². The first-order valence-electron chi connectivity index (χ1n) is 6.77. The Hall–Kier alpha value is -2.17. The second kappa shape index (κ2) is 6.73. The fourth-order valence-electron chi connectivity index (χ4n) is 1.99. The third kappa shape index (κ3) is 3.35. The number of ether oxygens (including phenoxy) is 1. The second-order valence-electron chi connectivity index (χ2n) is 4.70. The zero-order chi connectivity index (χ0) is 15.4. The van der Waals surface area contributed by atoms with Crippen LogP contribution in [0.3, 0.4) is 0 Å². The van der Waals surface area contributed by atoms with Gasteiger partial charge in [-0.15, -0.1) is 22.7 Å². The summed E-state index contributed by atoms with van der Waals surface area (Å²) in [6.07, 6.45) is 1.79. The quantitative estimate of drug-likeness (QED) is 0.581. The molecule has 0 radical (unpaired) electrons. The van der Waals surface area contributed by atoms with Crippen LogP contribution >= 0.6 is 22.7 Å². The van der Waals surface area contributed by atoms with Crippen molar-refractivity contribution in [2.45, 2.75) is 6.61 Å². The first-order valence-corrected chi connectivity index (χ1v) is 8.53. The van der Waals surface area contributed by atoms with Gasteiger partial charge in [-0.25, -0.2) is 4.79 Å². The molecule has 0 saturated carbocycles. The average molecular weight is 326 g/mol. The van der Waals surface area contributed by atoms with Crippen molar-refractivity contribution in [2.24, 2.45) is 0 Å². The molecule has 22 heavy (non-hydrogen) atoms. The van der Waals surface area contributed by atoms with Crippen LogP contribution in [0, 0.1) is 0 Å². The fourth-order valence-corrected chi connectivity index (χ4v) is 3.57. The van der Waals surface area contributed by atoms with E-state index in [0.29, 0.717) is 4.88 Å². The minimum Gasteiger partial charge on any atom is -0.457 e. The van der Waals surface area contributed by atoms with Gasteiger partial charge in [-0.2, -0.15) is 0 Å². The van der Waals surface area contributed by atoms with E-state index < -0.39 is 0 Å². The number of hydrogen-bond acceptors (Lipinski definition) is 4. The fraction of sp³-hybridized carbons (Fsp3) is 0.0556. The van der Waals surface area contributed by atoms with Crippen LogP contribution in [0.25, 0.3) is 16.5 Å². The molecule has 0 saturated heterocycles. The van der Waals surface area contributed by atoms with Gasteiger partial charge in [0.25, 0.3) is 0 Å². The van der Waals surface area contributed by atoms with E-state index >= 15 is 0 Å². The van der Waals surface area contributed by atoms with Crippen molar-refractivity contribution in [2.75, 3.05) is 0 Å². The van der Waals surface area contributed by atoms with Crippen LogP contribution in [-0.2, 0) is 11.3 Å². The summed E-state index contributed by atoms with van der Waals surface area (Å²) in [5.41, 5.74) is 3.09. The highest BCUT2D eigenvalue weighted by Gasteiger charge is 2.12. The van der Waals surface area contributed by atoms with Gasteiger partial charge in [0.15, 0.2) is 0 Å². The van der Waals surface area contributed by atoms with Crippen LogP contribution in [0.4, 0.5) is 0 Å². The Kier molecular flexibility index (Phi) is 4.51. The molecule has 1 aromatic carbocycles. The highest BCUT2D eigenvalue weighted by molar-refractivity contribution is 7.15. The van der Waals surface area contributed by atoms with E-state index in [1.807, 2.05) is 53.2 Å². The van der Waals surface area contributed by atoms with Crippen molar-refractivity contribution in [1.82, 2.24) is 0 Å². The summed E-state index contributed by atoms with van der Waals surface area (Å²) >= 11 is 3.08. The Morgan fingerprint density at radius 3 is 2.68 bits per heavy atom. The Labute approximate surface area is 137 Å². The van der Waals surface area contributed by atoms with Crippen LogP contribution < -0.4 is 0 Å². The van der Waals surface area contributed by atoms with E-state index in [4.69, 9.17) is 4.74 Å². The molecule has 2 nitrogen and oxygen atoms in total. The number of thiophene rings is 2. The average Bonchev–Trinajstić information content (AvgIpc) is 3.23. The van der Waals surface area contributed by atoms with E-state index in [-0.39, 0.29) is 12.6 Å². The van der Waals surface area contributed by atoms with Gasteiger partial charge in [-0.05, 0) is 28.6 Å². The maximum Gasteiger partial charge on any atom is 0.348 e. The molecule has 0 aliphatic carbocycles. The van der Waals surface area contributed by atoms with Gasteiger partial charge in [0.05, 0.1) is 0 Å². The lowest BCUT2D eigenvalue weighted by atomic mass is 10.1. The molecule has 0 bridgehead atoms. The Morgan fingerprint density at radius 1 is 1.18 bits per heavy atom. The molecule has 110 valence electrons. The molecule has 3 aromatic rings. The molecule has 2 heterocycles. The van der Waals surface area contributed by atoms with Gasteiger partial charge in [-0.1, -0.05) is 43.0 Å². The molecule has 3 rings (SSSR count). The normalized spacial score (nSPS) is 10.4. The predicted molar refractivity (Wildman–Crippen MR) is 93.3 cm³/mol. The summed E-state index contributed by atoms with van der Waals surface area (Å²) in [6, 6.07) is 13.7. The summed E-state index contributed by atoms with van der Waals surface area (Å²) in [5, 5.41) is 4.01. The van der Waals surface area contributed by atoms with Crippen LogP contribution in [0.2, 0.25) is 0 Å². The lowest BCUT2D eigenvalue weighted by Crippen LogP contribution is -2.03. The minimum absolute atomic E-state index is 0.277. The number of carbonyl (C=O) groups excluding carboxylic acids is 1. The topological polar surface area (TPSA) is 26.3 Å². The molecule has 0 atom stereocenters. The van der Waals surface area contributed by atoms with Crippen molar-refractivity contribution in [3.8, 4) is 10.4 Å². The number of hydrogen-bond donors (Lipinski definition) is 0. The maximum atomic E-state index is 12.1. The van der Waals surface area contributed by atoms with Crippen molar-refractivity contribution in [3.63, 3.8) is 0 Å². The third-order valence-electron chi connectivity index (χ3n) is 3.19. The van der Waals surface area contributed by atoms with E-state index in [2.05, 4.69) is 6.58 Å². The molecular weight excluding hydrogens is 312 g/mol. The van der Waals surface area contributed by atoms with Crippen LogP contribution in [0.5, 0.6) is 0 Å². The Morgan fingerprint density at radius 2 is 2.00 bits per heavy atom. The zero-order valence-corrected chi connectivity index (χ0v) is 13.5. The Bertz CT molecular complexity index is 768. The first kappa shape index (κ1) is 14.8. The van der Waals surface area contributed by atoms with Gasteiger partial charge in [-0.3, -0.25) is 0 Å². The molecule has 0 spiro atoms. The number of carbonyl (C=O) groups is 1. The molecule has 0 amide bonds. The largest absolute Gasteiger partial charge is 0.457 e. The number of rotatable bonds is 5. The van der Waals surface area contributed by atoms with Crippen LogP contribution in [-0.4, -0.2) is 5.97 Å². The highest BCUT2D eigenvalue weighted by atomic mass is 32.1. The Balaban J connectivity index is 1.63. The number of benzene rings is 1. The van der Waals surface area contributed by atoms with Crippen LogP contribution in [0.15, 0.2) is 59.8 Å². The summed E-state index contributed by atoms with van der Waals surface area (Å²) in [5.74, 6) is -0.277. The summed E-state index contributed by atoms with van der Waals surface area (Å²) in [6.45, 7) is 3.99. The SMILES string of the molecule is C=Cc1ccc(COC(=O)c2cc(-c3cccs3)cs2)cc1. The molecule has 0 aliphatic rings. The molecule has 2 aromatic heterocycles. The summed E-state index contributed by atoms with van der Waals surface area (Å²) in [4.78, 5) is 13.9. The van der Waals surface area contributed by atoms with Crippen LogP contribution in [0.1, 0.15) is 20.8 Å². The van der Waals surface area contributed by atoms with Crippen molar-refractivity contribution < 1.29 is 9.53 Å². The smallest absolute Gasteiger partial charge is 0.348 e. The molecule has 0 N–H and O–H groups in total. The summed E-state index contributed by atoms with van der Waals surface area (Å²) in [7, 11) is 0. The lowest BCUT2D eigenvalue weighted by molar-refractivity contribution is 0.0478. The van der Waals surface area contributed by atoms with Gasteiger partial charge >= 0.3 is 5.97 Å². The standard InChI is InChI=1S/C18H14O2S2/c1-2-13-5-7-14(8-6-13)11-20-18(19)17-10-15(12-22-17)16-4-3-9-21-16/h2-10,12H,1,11H2. The predicted octanol–water partition coefficient (Wildman–Crippen LogP) is 5.48. The second-order valence-corrected chi connectivity index (χ2v) is 6.56. The monoisotopic (exact) mass is 326 g/mol. The molecule has 0 unspecified atom stereocenters. The minimum atomic E-state index is -0.277. The van der Waals surface area contributed by atoms with Gasteiger partial charge in [0.2, 0.25) is 0 Å². The lowest BCUT2D eigenvalue weighted by Gasteiger charge is -2.03. The van der Waals surface area contributed by atoms with Crippen molar-refractivity contribution in [3.05, 3.63) is 75.8 Å². The van der Waals surface area contributed by atoms with Gasteiger partial charge < -0.3 is 4.74 Å². The van der Waals surface area contributed by atoms with Gasteiger partial charge in [0.1, 0.15) is 11.5 Å².